The fourth-order valence-electron chi connectivity index (χ4n) is 1.92. The first-order chi connectivity index (χ1) is 9.06. The molecule has 0 atom stereocenters. The van der Waals surface area contributed by atoms with Crippen LogP contribution in [-0.2, 0) is 0 Å². The Labute approximate surface area is 138 Å². The lowest BCUT2D eigenvalue weighted by molar-refractivity contribution is 0.104. The SMILES string of the molecule is O=C(c1cc(Br)sc1Br)c1c[nH]c2ccc(Br)cc12. The van der Waals surface area contributed by atoms with Gasteiger partial charge in [0.2, 0.25) is 0 Å². The van der Waals surface area contributed by atoms with E-state index in [-0.39, 0.29) is 5.78 Å². The van der Waals surface area contributed by atoms with Crippen molar-refractivity contribution in [2.24, 2.45) is 0 Å². The van der Waals surface area contributed by atoms with Crippen molar-refractivity contribution in [2.75, 3.05) is 0 Å². The van der Waals surface area contributed by atoms with Crippen LogP contribution in [0.4, 0.5) is 0 Å². The molecule has 0 unspecified atom stereocenters. The summed E-state index contributed by atoms with van der Waals surface area (Å²) in [7, 11) is 0. The first-order valence-electron chi connectivity index (χ1n) is 5.32. The van der Waals surface area contributed by atoms with E-state index >= 15 is 0 Å². The van der Waals surface area contributed by atoms with Crippen molar-refractivity contribution in [1.82, 2.24) is 4.98 Å². The Bertz CT molecular complexity index is 790. The summed E-state index contributed by atoms with van der Waals surface area (Å²) in [5.74, 6) is 0.0122. The smallest absolute Gasteiger partial charge is 0.197 e. The number of benzene rings is 1. The zero-order chi connectivity index (χ0) is 13.6. The second-order valence-electron chi connectivity index (χ2n) is 3.96. The lowest BCUT2D eigenvalue weighted by Crippen LogP contribution is -1.99. The molecule has 0 saturated carbocycles. The molecule has 2 aromatic heterocycles. The van der Waals surface area contributed by atoms with E-state index in [1.807, 2.05) is 24.3 Å². The maximum absolute atomic E-state index is 12.6. The van der Waals surface area contributed by atoms with Crippen LogP contribution in [0.5, 0.6) is 0 Å². The average Bonchev–Trinajstić information content (AvgIpc) is 2.91. The number of halogens is 3. The van der Waals surface area contributed by atoms with Gasteiger partial charge in [-0.2, -0.15) is 0 Å². The molecule has 0 amide bonds. The Morgan fingerprint density at radius 1 is 1.11 bits per heavy atom. The van der Waals surface area contributed by atoms with Crippen molar-refractivity contribution >= 4 is 75.8 Å². The summed E-state index contributed by atoms with van der Waals surface area (Å²) in [6.07, 6.45) is 1.76. The van der Waals surface area contributed by atoms with Gasteiger partial charge < -0.3 is 4.98 Å². The molecule has 2 nitrogen and oxygen atoms in total. The minimum atomic E-state index is 0.0122. The number of thiophene rings is 1. The van der Waals surface area contributed by atoms with E-state index in [2.05, 4.69) is 52.8 Å². The molecule has 0 bridgehead atoms. The van der Waals surface area contributed by atoms with Crippen molar-refractivity contribution in [3.8, 4) is 0 Å². The summed E-state index contributed by atoms with van der Waals surface area (Å²) >= 11 is 11.8. The summed E-state index contributed by atoms with van der Waals surface area (Å²) in [6.45, 7) is 0. The Hall–Kier alpha value is -0.430. The number of aromatic nitrogens is 1. The molecule has 0 spiro atoms. The summed E-state index contributed by atoms with van der Waals surface area (Å²) in [6, 6.07) is 7.70. The Morgan fingerprint density at radius 3 is 2.58 bits per heavy atom. The van der Waals surface area contributed by atoms with Crippen LogP contribution >= 0.6 is 59.1 Å². The third kappa shape index (κ3) is 2.46. The molecule has 0 aliphatic carbocycles. The molecule has 1 N–H and O–H groups in total. The molecule has 2 heterocycles. The number of carbonyl (C=O) groups excluding carboxylic acids is 1. The van der Waals surface area contributed by atoms with Crippen LogP contribution in [0.25, 0.3) is 10.9 Å². The van der Waals surface area contributed by atoms with Gasteiger partial charge in [-0.1, -0.05) is 15.9 Å². The number of nitrogens with one attached hydrogen (secondary N) is 1. The molecule has 0 aliphatic rings. The highest BCUT2D eigenvalue weighted by Crippen LogP contribution is 2.34. The number of rotatable bonds is 2. The van der Waals surface area contributed by atoms with E-state index < -0.39 is 0 Å². The van der Waals surface area contributed by atoms with E-state index in [9.17, 15) is 4.79 Å². The van der Waals surface area contributed by atoms with Crippen LogP contribution in [0.2, 0.25) is 0 Å². The number of H-pyrrole nitrogens is 1. The summed E-state index contributed by atoms with van der Waals surface area (Å²) in [5, 5.41) is 0.925. The topological polar surface area (TPSA) is 32.9 Å². The molecular weight excluding hydrogens is 458 g/mol. The zero-order valence-electron chi connectivity index (χ0n) is 9.34. The molecule has 0 aliphatic heterocycles. The quantitative estimate of drug-likeness (QED) is 0.482. The standard InChI is InChI=1S/C13H6Br3NOS/c14-6-1-2-10-7(3-6)9(5-17-10)12(18)8-4-11(15)19-13(8)16/h1-5,17H. The van der Waals surface area contributed by atoms with Crippen LogP contribution in [0.1, 0.15) is 15.9 Å². The van der Waals surface area contributed by atoms with Gasteiger partial charge in [-0.3, -0.25) is 4.79 Å². The molecule has 3 rings (SSSR count). The van der Waals surface area contributed by atoms with Crippen molar-refractivity contribution in [2.45, 2.75) is 0 Å². The van der Waals surface area contributed by atoms with Crippen LogP contribution < -0.4 is 0 Å². The maximum atomic E-state index is 12.6. The van der Waals surface area contributed by atoms with E-state index in [0.717, 1.165) is 22.9 Å². The number of carbonyl (C=O) groups is 1. The summed E-state index contributed by atoms with van der Waals surface area (Å²) in [5.41, 5.74) is 2.32. The van der Waals surface area contributed by atoms with Crippen LogP contribution in [-0.4, -0.2) is 10.8 Å². The Kier molecular flexibility index (Phi) is 3.68. The lowest BCUT2D eigenvalue weighted by atomic mass is 10.1. The van der Waals surface area contributed by atoms with E-state index in [1.54, 1.807) is 6.20 Å². The average molecular weight is 464 g/mol. The minimum Gasteiger partial charge on any atom is -0.360 e. The van der Waals surface area contributed by atoms with Gasteiger partial charge in [0.25, 0.3) is 0 Å². The predicted octanol–water partition coefficient (Wildman–Crippen LogP) is 5.75. The third-order valence-electron chi connectivity index (χ3n) is 2.79. The number of fused-ring (bicyclic) bond motifs is 1. The highest BCUT2D eigenvalue weighted by molar-refractivity contribution is 9.12. The van der Waals surface area contributed by atoms with Gasteiger partial charge in [0.1, 0.15) is 0 Å². The summed E-state index contributed by atoms with van der Waals surface area (Å²) < 4.78 is 2.73. The molecule has 1 aromatic carbocycles. The number of aromatic amines is 1. The molecule has 6 heteroatoms. The fraction of sp³-hybridized carbons (Fsp3) is 0. The van der Waals surface area contributed by atoms with Crippen LogP contribution in [0.3, 0.4) is 0 Å². The van der Waals surface area contributed by atoms with Crippen LogP contribution in [0, 0.1) is 0 Å². The maximum Gasteiger partial charge on any atom is 0.197 e. The number of hydrogen-bond acceptors (Lipinski definition) is 2. The fourth-order valence-corrected chi connectivity index (χ4v) is 5.08. The molecular formula is C13H6Br3NOS. The van der Waals surface area contributed by atoms with Gasteiger partial charge in [0, 0.05) is 32.7 Å². The van der Waals surface area contributed by atoms with E-state index in [4.69, 9.17) is 0 Å². The van der Waals surface area contributed by atoms with Crippen molar-refractivity contribution in [1.29, 1.82) is 0 Å². The molecule has 0 radical (unpaired) electrons. The van der Waals surface area contributed by atoms with Gasteiger partial charge >= 0.3 is 0 Å². The zero-order valence-corrected chi connectivity index (χ0v) is 14.9. The number of hydrogen-bond donors (Lipinski definition) is 1. The third-order valence-corrected chi connectivity index (χ3v) is 5.62. The van der Waals surface area contributed by atoms with Gasteiger partial charge in [-0.05, 0) is 56.1 Å². The van der Waals surface area contributed by atoms with Gasteiger partial charge in [-0.15, -0.1) is 11.3 Å². The summed E-state index contributed by atoms with van der Waals surface area (Å²) in [4.78, 5) is 15.7. The lowest BCUT2D eigenvalue weighted by Gasteiger charge is -1.98. The number of ketones is 1. The van der Waals surface area contributed by atoms with E-state index in [0.29, 0.717) is 11.1 Å². The van der Waals surface area contributed by atoms with Crippen molar-refractivity contribution in [3.63, 3.8) is 0 Å². The largest absolute Gasteiger partial charge is 0.360 e. The molecule has 19 heavy (non-hydrogen) atoms. The monoisotopic (exact) mass is 461 g/mol. The van der Waals surface area contributed by atoms with Gasteiger partial charge in [-0.25, -0.2) is 0 Å². The first kappa shape index (κ1) is 13.5. The minimum absolute atomic E-state index is 0.0122. The Balaban J connectivity index is 2.16. The second-order valence-corrected chi connectivity index (χ2v) is 8.62. The van der Waals surface area contributed by atoms with Crippen molar-refractivity contribution < 1.29 is 4.79 Å². The first-order valence-corrected chi connectivity index (χ1v) is 8.52. The van der Waals surface area contributed by atoms with Crippen LogP contribution in [0.15, 0.2) is 42.5 Å². The predicted molar refractivity (Wildman–Crippen MR) is 89.2 cm³/mol. The Morgan fingerprint density at radius 2 is 1.89 bits per heavy atom. The van der Waals surface area contributed by atoms with E-state index in [1.165, 1.54) is 11.3 Å². The normalized spacial score (nSPS) is 11.1. The van der Waals surface area contributed by atoms with Gasteiger partial charge in [0.15, 0.2) is 5.78 Å². The molecule has 0 fully saturated rings. The highest BCUT2D eigenvalue weighted by Gasteiger charge is 2.19. The molecule has 0 saturated heterocycles. The molecule has 96 valence electrons. The van der Waals surface area contributed by atoms with Gasteiger partial charge in [0.05, 0.1) is 7.57 Å². The second kappa shape index (κ2) is 5.16. The highest BCUT2D eigenvalue weighted by atomic mass is 79.9. The molecule has 3 aromatic rings. The van der Waals surface area contributed by atoms with Crippen molar-refractivity contribution in [3.05, 3.63) is 53.6 Å².